The van der Waals surface area contributed by atoms with Crippen molar-refractivity contribution in [3.63, 3.8) is 0 Å². The van der Waals surface area contributed by atoms with Crippen molar-refractivity contribution < 1.29 is 13.2 Å². The van der Waals surface area contributed by atoms with E-state index in [-0.39, 0.29) is 28.9 Å². The standard InChI is InChI=1S/C13H21ClN2O3S.ClH/c1-4-13(5-2,9-15)16-20(17,18)12-8-10(19-3)6-7-11(12)14;/h6-8,16H,4-5,9,15H2,1-3H3;1H. The Morgan fingerprint density at radius 3 is 2.33 bits per heavy atom. The van der Waals surface area contributed by atoms with Crippen LogP contribution in [0.1, 0.15) is 26.7 Å². The molecule has 0 saturated carbocycles. The number of hydrogen-bond acceptors (Lipinski definition) is 4. The molecule has 0 aliphatic heterocycles. The molecule has 0 radical (unpaired) electrons. The summed E-state index contributed by atoms with van der Waals surface area (Å²) in [5, 5.41) is 0.149. The second-order valence-electron chi connectivity index (χ2n) is 4.59. The van der Waals surface area contributed by atoms with Gasteiger partial charge in [-0.3, -0.25) is 0 Å². The van der Waals surface area contributed by atoms with Crippen LogP contribution in [0.2, 0.25) is 5.02 Å². The summed E-state index contributed by atoms with van der Waals surface area (Å²) in [4.78, 5) is -0.00163. The van der Waals surface area contributed by atoms with Crippen LogP contribution in [-0.4, -0.2) is 27.6 Å². The second-order valence-corrected chi connectivity index (χ2v) is 6.65. The maximum absolute atomic E-state index is 12.5. The first-order valence-electron chi connectivity index (χ1n) is 6.41. The van der Waals surface area contributed by atoms with Crippen molar-refractivity contribution in [1.82, 2.24) is 4.72 Å². The van der Waals surface area contributed by atoms with Crippen molar-refractivity contribution in [3.8, 4) is 5.75 Å². The Bertz CT molecular complexity index is 552. The van der Waals surface area contributed by atoms with Gasteiger partial charge in [0.25, 0.3) is 0 Å². The minimum absolute atomic E-state index is 0. The van der Waals surface area contributed by atoms with Gasteiger partial charge < -0.3 is 10.5 Å². The summed E-state index contributed by atoms with van der Waals surface area (Å²) in [6, 6.07) is 4.51. The van der Waals surface area contributed by atoms with Crippen molar-refractivity contribution in [1.29, 1.82) is 0 Å². The lowest BCUT2D eigenvalue weighted by Crippen LogP contribution is -2.52. The molecular weight excluding hydrogens is 335 g/mol. The average Bonchev–Trinajstić information content (AvgIpc) is 2.45. The molecule has 0 spiro atoms. The smallest absolute Gasteiger partial charge is 0.242 e. The third kappa shape index (κ3) is 4.72. The summed E-state index contributed by atoms with van der Waals surface area (Å²) >= 11 is 5.99. The van der Waals surface area contributed by atoms with Crippen LogP contribution in [0.5, 0.6) is 5.75 Å². The number of rotatable bonds is 7. The van der Waals surface area contributed by atoms with Gasteiger partial charge in [-0.25, -0.2) is 13.1 Å². The topological polar surface area (TPSA) is 81.4 Å². The average molecular weight is 357 g/mol. The van der Waals surface area contributed by atoms with Gasteiger partial charge in [0.1, 0.15) is 10.6 Å². The number of nitrogens with two attached hydrogens (primary N) is 1. The number of sulfonamides is 1. The maximum atomic E-state index is 12.5. The molecule has 1 rings (SSSR count). The van der Waals surface area contributed by atoms with Crippen LogP contribution in [0.15, 0.2) is 23.1 Å². The Labute approximate surface area is 137 Å². The van der Waals surface area contributed by atoms with Crippen LogP contribution in [0, 0.1) is 0 Å². The van der Waals surface area contributed by atoms with Gasteiger partial charge in [0.2, 0.25) is 10.0 Å². The summed E-state index contributed by atoms with van der Waals surface area (Å²) < 4.78 is 32.7. The van der Waals surface area contributed by atoms with Gasteiger partial charge in [0, 0.05) is 18.2 Å². The van der Waals surface area contributed by atoms with E-state index in [1.54, 1.807) is 6.07 Å². The monoisotopic (exact) mass is 356 g/mol. The van der Waals surface area contributed by atoms with E-state index in [0.29, 0.717) is 18.6 Å². The highest BCUT2D eigenvalue weighted by molar-refractivity contribution is 7.89. The minimum Gasteiger partial charge on any atom is -0.497 e. The highest BCUT2D eigenvalue weighted by atomic mass is 35.5. The molecule has 0 bridgehead atoms. The quantitative estimate of drug-likeness (QED) is 0.786. The van der Waals surface area contributed by atoms with Crippen LogP contribution < -0.4 is 15.2 Å². The number of halogens is 2. The summed E-state index contributed by atoms with van der Waals surface area (Å²) in [5.74, 6) is 0.432. The molecule has 8 heteroatoms. The lowest BCUT2D eigenvalue weighted by Gasteiger charge is -2.31. The van der Waals surface area contributed by atoms with Gasteiger partial charge >= 0.3 is 0 Å². The van der Waals surface area contributed by atoms with Crippen LogP contribution in [0.3, 0.4) is 0 Å². The highest BCUT2D eigenvalue weighted by Gasteiger charge is 2.32. The molecule has 0 fully saturated rings. The number of ether oxygens (including phenoxy) is 1. The Balaban J connectivity index is 0.00000400. The third-order valence-electron chi connectivity index (χ3n) is 3.52. The van der Waals surface area contributed by atoms with Crippen LogP contribution in [-0.2, 0) is 10.0 Å². The van der Waals surface area contributed by atoms with E-state index in [0.717, 1.165) is 0 Å². The first-order valence-corrected chi connectivity index (χ1v) is 8.28. The van der Waals surface area contributed by atoms with Crippen LogP contribution in [0.4, 0.5) is 0 Å². The van der Waals surface area contributed by atoms with E-state index in [2.05, 4.69) is 4.72 Å². The minimum atomic E-state index is -3.76. The second kappa shape index (κ2) is 8.19. The Kier molecular flexibility index (Phi) is 7.99. The van der Waals surface area contributed by atoms with E-state index >= 15 is 0 Å². The molecule has 0 amide bonds. The molecule has 0 heterocycles. The first kappa shape index (κ1) is 20.5. The van der Waals surface area contributed by atoms with E-state index in [1.165, 1.54) is 19.2 Å². The molecular formula is C13H22Cl2N2O3S. The Hall–Kier alpha value is -0.530. The first-order chi connectivity index (χ1) is 9.34. The summed E-state index contributed by atoms with van der Waals surface area (Å²) in [6.45, 7) is 4.01. The Morgan fingerprint density at radius 1 is 1.33 bits per heavy atom. The van der Waals surface area contributed by atoms with Crippen molar-refractivity contribution in [2.24, 2.45) is 5.73 Å². The van der Waals surface area contributed by atoms with Crippen molar-refractivity contribution in [2.45, 2.75) is 37.1 Å². The normalized spacial score (nSPS) is 11.9. The SMILES string of the molecule is CCC(CC)(CN)NS(=O)(=O)c1cc(OC)ccc1Cl.Cl. The number of hydrogen-bond donors (Lipinski definition) is 2. The molecule has 5 nitrogen and oxygen atoms in total. The van der Waals surface area contributed by atoms with Crippen molar-refractivity contribution >= 4 is 34.0 Å². The molecule has 0 aliphatic carbocycles. The lowest BCUT2D eigenvalue weighted by molar-refractivity contribution is 0.363. The lowest BCUT2D eigenvalue weighted by atomic mass is 9.95. The predicted molar refractivity (Wildman–Crippen MR) is 87.9 cm³/mol. The summed E-state index contributed by atoms with van der Waals surface area (Å²) in [6.07, 6.45) is 1.20. The van der Waals surface area contributed by atoms with Gasteiger partial charge in [-0.15, -0.1) is 12.4 Å². The Morgan fingerprint density at radius 2 is 1.90 bits per heavy atom. The molecule has 21 heavy (non-hydrogen) atoms. The fraction of sp³-hybridized carbons (Fsp3) is 0.538. The van der Waals surface area contributed by atoms with Crippen molar-refractivity contribution in [3.05, 3.63) is 23.2 Å². The molecule has 0 atom stereocenters. The third-order valence-corrected chi connectivity index (χ3v) is 5.58. The molecule has 0 aromatic heterocycles. The van der Waals surface area contributed by atoms with Crippen LogP contribution >= 0.6 is 24.0 Å². The number of methoxy groups -OCH3 is 1. The molecule has 0 aliphatic rings. The molecule has 122 valence electrons. The molecule has 1 aromatic rings. The highest BCUT2D eigenvalue weighted by Crippen LogP contribution is 2.28. The molecule has 0 saturated heterocycles. The van der Waals surface area contributed by atoms with E-state index in [4.69, 9.17) is 22.1 Å². The van der Waals surface area contributed by atoms with Gasteiger partial charge in [-0.2, -0.15) is 0 Å². The van der Waals surface area contributed by atoms with Crippen molar-refractivity contribution in [2.75, 3.05) is 13.7 Å². The van der Waals surface area contributed by atoms with E-state index in [9.17, 15) is 8.42 Å². The predicted octanol–water partition coefficient (Wildman–Crippen LogP) is 2.57. The van der Waals surface area contributed by atoms with Gasteiger partial charge in [-0.1, -0.05) is 25.4 Å². The summed E-state index contributed by atoms with van der Waals surface area (Å²) in [7, 11) is -2.29. The molecule has 0 unspecified atom stereocenters. The van der Waals surface area contributed by atoms with Crippen LogP contribution in [0.25, 0.3) is 0 Å². The summed E-state index contributed by atoms with van der Waals surface area (Å²) in [5.41, 5.74) is 5.06. The number of nitrogens with one attached hydrogen (secondary N) is 1. The zero-order valence-electron chi connectivity index (χ0n) is 12.3. The zero-order valence-corrected chi connectivity index (χ0v) is 14.7. The fourth-order valence-corrected chi connectivity index (χ4v) is 3.95. The van der Waals surface area contributed by atoms with E-state index < -0.39 is 15.6 Å². The molecule has 1 aromatic carbocycles. The van der Waals surface area contributed by atoms with E-state index in [1.807, 2.05) is 13.8 Å². The zero-order chi connectivity index (χ0) is 15.4. The number of benzene rings is 1. The molecule has 3 N–H and O–H groups in total. The maximum Gasteiger partial charge on any atom is 0.242 e. The van der Waals surface area contributed by atoms with Gasteiger partial charge in [-0.05, 0) is 25.0 Å². The van der Waals surface area contributed by atoms with Gasteiger partial charge in [0.15, 0.2) is 0 Å². The van der Waals surface area contributed by atoms with Gasteiger partial charge in [0.05, 0.1) is 12.1 Å². The largest absolute Gasteiger partial charge is 0.497 e. The fourth-order valence-electron chi connectivity index (χ4n) is 1.88.